The van der Waals surface area contributed by atoms with Crippen molar-refractivity contribution in [3.63, 3.8) is 0 Å². The summed E-state index contributed by atoms with van der Waals surface area (Å²) in [6.45, 7) is 2.71. The van der Waals surface area contributed by atoms with Crippen LogP contribution >= 0.6 is 0 Å². The lowest BCUT2D eigenvalue weighted by Crippen LogP contribution is -2.47. The van der Waals surface area contributed by atoms with Crippen LogP contribution in [-0.4, -0.2) is 37.7 Å². The number of benzene rings is 1. The van der Waals surface area contributed by atoms with Crippen molar-refractivity contribution in [3.8, 4) is 0 Å². The topological polar surface area (TPSA) is 55.8 Å². The van der Waals surface area contributed by atoms with Crippen LogP contribution in [0.1, 0.15) is 42.1 Å². The zero-order chi connectivity index (χ0) is 16.2. The molecule has 3 heterocycles. The summed E-state index contributed by atoms with van der Waals surface area (Å²) < 4.78 is 10.7. The lowest BCUT2D eigenvalue weighted by atomic mass is 9.74. The number of carbonyl (C=O) groups excluding carboxylic acids is 2. The molecule has 3 unspecified atom stereocenters. The van der Waals surface area contributed by atoms with Crippen molar-refractivity contribution in [2.75, 3.05) is 18.6 Å². The second kappa shape index (κ2) is 5.06. The van der Waals surface area contributed by atoms with Gasteiger partial charge in [0.25, 0.3) is 0 Å². The first kappa shape index (κ1) is 14.7. The van der Waals surface area contributed by atoms with E-state index in [1.54, 1.807) is 6.07 Å². The van der Waals surface area contributed by atoms with Crippen LogP contribution in [0.2, 0.25) is 0 Å². The van der Waals surface area contributed by atoms with Crippen molar-refractivity contribution in [1.29, 1.82) is 0 Å². The van der Waals surface area contributed by atoms with Gasteiger partial charge in [-0.05, 0) is 56.4 Å². The third-order valence-corrected chi connectivity index (χ3v) is 5.60. The first-order chi connectivity index (χ1) is 11.0. The van der Waals surface area contributed by atoms with Gasteiger partial charge in [0, 0.05) is 12.2 Å². The van der Waals surface area contributed by atoms with E-state index in [0.717, 1.165) is 36.9 Å². The first-order valence-corrected chi connectivity index (χ1v) is 8.21. The van der Waals surface area contributed by atoms with E-state index in [2.05, 4.69) is 0 Å². The summed E-state index contributed by atoms with van der Waals surface area (Å²) in [5, 5.41) is 0. The van der Waals surface area contributed by atoms with Crippen molar-refractivity contribution in [2.45, 2.75) is 44.8 Å². The maximum atomic E-state index is 13.2. The van der Waals surface area contributed by atoms with Crippen LogP contribution in [-0.2, 0) is 20.7 Å². The van der Waals surface area contributed by atoms with Crippen LogP contribution in [0.4, 0.5) is 5.69 Å². The van der Waals surface area contributed by atoms with Gasteiger partial charge in [0.15, 0.2) is 0 Å². The van der Waals surface area contributed by atoms with Gasteiger partial charge in [-0.3, -0.25) is 4.79 Å². The summed E-state index contributed by atoms with van der Waals surface area (Å²) in [4.78, 5) is 26.7. The van der Waals surface area contributed by atoms with Crippen molar-refractivity contribution in [3.05, 3.63) is 29.3 Å². The average Bonchev–Trinajstić information content (AvgIpc) is 3.26. The van der Waals surface area contributed by atoms with Gasteiger partial charge in [0.1, 0.15) is 0 Å². The van der Waals surface area contributed by atoms with E-state index < -0.39 is 5.41 Å². The Morgan fingerprint density at radius 1 is 1.35 bits per heavy atom. The van der Waals surface area contributed by atoms with E-state index in [-0.39, 0.29) is 24.1 Å². The molecule has 1 aromatic rings. The molecule has 3 aliphatic heterocycles. The van der Waals surface area contributed by atoms with E-state index in [9.17, 15) is 9.59 Å². The lowest BCUT2D eigenvalue weighted by Gasteiger charge is -2.34. The molecule has 2 saturated heterocycles. The monoisotopic (exact) mass is 315 g/mol. The molecule has 0 spiro atoms. The largest absolute Gasteiger partial charge is 0.465 e. The Morgan fingerprint density at radius 2 is 2.17 bits per heavy atom. The molecule has 5 nitrogen and oxygen atoms in total. The van der Waals surface area contributed by atoms with E-state index in [0.29, 0.717) is 12.1 Å². The molecular weight excluding hydrogens is 294 g/mol. The van der Waals surface area contributed by atoms with Crippen molar-refractivity contribution in [2.24, 2.45) is 5.41 Å². The number of methoxy groups -OCH3 is 1. The number of nitrogens with zero attached hydrogens (tertiary/aromatic N) is 1. The number of fused-ring (bicyclic) bond motifs is 3. The van der Waals surface area contributed by atoms with Gasteiger partial charge in [-0.15, -0.1) is 0 Å². The Bertz CT molecular complexity index is 686. The molecular formula is C18H21NO4. The number of rotatable bonds is 2. The number of ether oxygens (including phenoxy) is 2. The Morgan fingerprint density at radius 3 is 2.83 bits per heavy atom. The predicted octanol–water partition coefficient (Wildman–Crippen LogP) is 2.32. The summed E-state index contributed by atoms with van der Waals surface area (Å²) in [7, 11) is 1.38. The second-order valence-corrected chi connectivity index (χ2v) is 6.99. The van der Waals surface area contributed by atoms with E-state index in [1.165, 1.54) is 7.11 Å². The molecule has 4 rings (SSSR count). The minimum Gasteiger partial charge on any atom is -0.465 e. The summed E-state index contributed by atoms with van der Waals surface area (Å²) in [6.07, 6.45) is 3.96. The first-order valence-electron chi connectivity index (χ1n) is 8.21. The molecule has 0 saturated carbocycles. The highest BCUT2D eigenvalue weighted by molar-refractivity contribution is 6.00. The Labute approximate surface area is 135 Å². The molecule has 0 radical (unpaired) electrons. The quantitative estimate of drug-likeness (QED) is 0.786. The number of esters is 1. The molecule has 0 N–H and O–H groups in total. The molecule has 1 aromatic carbocycles. The van der Waals surface area contributed by atoms with Crippen molar-refractivity contribution < 1.29 is 19.1 Å². The summed E-state index contributed by atoms with van der Waals surface area (Å²) in [6, 6.07) is 5.44. The molecule has 0 aliphatic carbocycles. The molecule has 2 fully saturated rings. The van der Waals surface area contributed by atoms with Gasteiger partial charge in [0.2, 0.25) is 5.91 Å². The van der Waals surface area contributed by atoms with Crippen LogP contribution < -0.4 is 4.90 Å². The molecule has 2 bridgehead atoms. The normalized spacial score (nSPS) is 31.3. The third-order valence-electron chi connectivity index (χ3n) is 5.60. The molecule has 1 amide bonds. The molecule has 3 aliphatic rings. The Kier molecular flexibility index (Phi) is 3.23. The molecule has 5 heteroatoms. The molecule has 23 heavy (non-hydrogen) atoms. The minimum atomic E-state index is -0.411. The average molecular weight is 315 g/mol. The van der Waals surface area contributed by atoms with E-state index >= 15 is 0 Å². The Balaban J connectivity index is 1.61. The third kappa shape index (κ3) is 2.10. The number of hydrogen-bond acceptors (Lipinski definition) is 4. The van der Waals surface area contributed by atoms with Gasteiger partial charge in [-0.2, -0.15) is 0 Å². The number of carbonyl (C=O) groups is 2. The van der Waals surface area contributed by atoms with Crippen molar-refractivity contribution >= 4 is 17.6 Å². The smallest absolute Gasteiger partial charge is 0.337 e. The summed E-state index contributed by atoms with van der Waals surface area (Å²) >= 11 is 0. The van der Waals surface area contributed by atoms with Crippen LogP contribution in [0.15, 0.2) is 18.2 Å². The molecule has 3 atom stereocenters. The standard InChI is InChI=1S/C18H21NO4/c1-18(10-13-4-6-15(18)23-13)17(21)19-8-7-11-9-12(16(20)22-2)3-5-14(11)19/h3,5,9,13,15H,4,6-8,10H2,1-2H3. The van der Waals surface area contributed by atoms with Gasteiger partial charge >= 0.3 is 5.97 Å². The number of amides is 1. The van der Waals surface area contributed by atoms with Crippen LogP contribution in [0.5, 0.6) is 0 Å². The zero-order valence-electron chi connectivity index (χ0n) is 13.5. The zero-order valence-corrected chi connectivity index (χ0v) is 13.5. The van der Waals surface area contributed by atoms with Crippen LogP contribution in [0.3, 0.4) is 0 Å². The highest BCUT2D eigenvalue weighted by Gasteiger charge is 2.55. The molecule has 122 valence electrons. The second-order valence-electron chi connectivity index (χ2n) is 6.99. The summed E-state index contributed by atoms with van der Waals surface area (Å²) in [5.74, 6) is -0.180. The number of hydrogen-bond donors (Lipinski definition) is 0. The lowest BCUT2D eigenvalue weighted by molar-refractivity contribution is -0.130. The van der Waals surface area contributed by atoms with Crippen LogP contribution in [0, 0.1) is 5.41 Å². The predicted molar refractivity (Wildman–Crippen MR) is 84.5 cm³/mol. The summed E-state index contributed by atoms with van der Waals surface area (Å²) in [5.41, 5.74) is 2.08. The van der Waals surface area contributed by atoms with E-state index in [1.807, 2.05) is 24.0 Å². The molecule has 0 aromatic heterocycles. The highest BCUT2D eigenvalue weighted by Crippen LogP contribution is 2.49. The fourth-order valence-electron chi connectivity index (χ4n) is 4.32. The van der Waals surface area contributed by atoms with Crippen molar-refractivity contribution in [1.82, 2.24) is 0 Å². The van der Waals surface area contributed by atoms with Crippen LogP contribution in [0.25, 0.3) is 0 Å². The van der Waals surface area contributed by atoms with Gasteiger partial charge in [-0.25, -0.2) is 4.79 Å². The maximum absolute atomic E-state index is 13.2. The highest BCUT2D eigenvalue weighted by atomic mass is 16.5. The Hall–Kier alpha value is -1.88. The fourth-order valence-corrected chi connectivity index (χ4v) is 4.32. The van der Waals surface area contributed by atoms with E-state index in [4.69, 9.17) is 9.47 Å². The number of anilines is 1. The SMILES string of the molecule is COC(=O)c1ccc2c(c1)CCN2C(=O)C1(C)CC2CCC1O2. The van der Waals surface area contributed by atoms with Gasteiger partial charge in [-0.1, -0.05) is 0 Å². The minimum absolute atomic E-state index is 0.0541. The fraction of sp³-hybridized carbons (Fsp3) is 0.556. The van der Waals surface area contributed by atoms with Gasteiger partial charge in [0.05, 0.1) is 30.3 Å². The maximum Gasteiger partial charge on any atom is 0.337 e. The van der Waals surface area contributed by atoms with Gasteiger partial charge < -0.3 is 14.4 Å².